The van der Waals surface area contributed by atoms with Crippen LogP contribution in [0.2, 0.25) is 0 Å². The SMILES string of the molecule is Cc1cc(OC(C)C(F)(F)F)cc(C(=O)O)c1N. The van der Waals surface area contributed by atoms with E-state index in [1.165, 1.54) is 13.0 Å². The lowest BCUT2D eigenvalue weighted by atomic mass is 10.1. The van der Waals surface area contributed by atoms with Crippen LogP contribution in [0.5, 0.6) is 5.75 Å². The normalized spacial score (nSPS) is 13.2. The number of aromatic carboxylic acids is 1. The first kappa shape index (κ1) is 14.1. The average molecular weight is 263 g/mol. The molecule has 0 saturated heterocycles. The number of halogens is 3. The maximum atomic E-state index is 12.3. The second-order valence-electron chi connectivity index (χ2n) is 3.81. The lowest BCUT2D eigenvalue weighted by Crippen LogP contribution is -2.31. The van der Waals surface area contributed by atoms with Gasteiger partial charge in [0.2, 0.25) is 0 Å². The molecule has 0 aliphatic carbocycles. The lowest BCUT2D eigenvalue weighted by molar-refractivity contribution is -0.189. The quantitative estimate of drug-likeness (QED) is 0.822. The van der Waals surface area contributed by atoms with Gasteiger partial charge in [0.1, 0.15) is 5.75 Å². The maximum absolute atomic E-state index is 12.3. The van der Waals surface area contributed by atoms with Gasteiger partial charge in [0, 0.05) is 5.69 Å². The van der Waals surface area contributed by atoms with Crippen molar-refractivity contribution in [1.29, 1.82) is 0 Å². The van der Waals surface area contributed by atoms with Crippen LogP contribution in [-0.2, 0) is 0 Å². The number of anilines is 1. The predicted octanol–water partition coefficient (Wildman–Crippen LogP) is 2.61. The first-order valence-electron chi connectivity index (χ1n) is 4.99. The van der Waals surface area contributed by atoms with Crippen molar-refractivity contribution in [2.45, 2.75) is 26.1 Å². The Morgan fingerprint density at radius 1 is 1.44 bits per heavy atom. The molecule has 0 saturated carbocycles. The third kappa shape index (κ3) is 3.06. The minimum Gasteiger partial charge on any atom is -0.481 e. The van der Waals surface area contributed by atoms with Crippen molar-refractivity contribution in [2.24, 2.45) is 0 Å². The Morgan fingerprint density at radius 2 is 2.00 bits per heavy atom. The molecule has 0 heterocycles. The largest absolute Gasteiger partial charge is 0.481 e. The summed E-state index contributed by atoms with van der Waals surface area (Å²) in [7, 11) is 0. The monoisotopic (exact) mass is 263 g/mol. The van der Waals surface area contributed by atoms with Crippen molar-refractivity contribution >= 4 is 11.7 Å². The van der Waals surface area contributed by atoms with E-state index in [0.717, 1.165) is 13.0 Å². The van der Waals surface area contributed by atoms with Gasteiger partial charge >= 0.3 is 12.1 Å². The second kappa shape index (κ2) is 4.75. The Bertz CT molecular complexity index is 471. The van der Waals surface area contributed by atoms with Crippen molar-refractivity contribution < 1.29 is 27.8 Å². The highest BCUT2D eigenvalue weighted by molar-refractivity contribution is 5.95. The van der Waals surface area contributed by atoms with E-state index in [1.807, 2.05) is 0 Å². The van der Waals surface area contributed by atoms with Crippen LogP contribution in [-0.4, -0.2) is 23.4 Å². The molecule has 18 heavy (non-hydrogen) atoms. The molecule has 1 rings (SSSR count). The third-order valence-electron chi connectivity index (χ3n) is 2.36. The summed E-state index contributed by atoms with van der Waals surface area (Å²) in [4.78, 5) is 10.9. The molecule has 0 aromatic heterocycles. The molecule has 1 atom stereocenters. The van der Waals surface area contributed by atoms with E-state index in [1.54, 1.807) is 0 Å². The summed E-state index contributed by atoms with van der Waals surface area (Å²) >= 11 is 0. The van der Waals surface area contributed by atoms with E-state index < -0.39 is 18.2 Å². The fourth-order valence-corrected chi connectivity index (χ4v) is 1.28. The molecule has 0 amide bonds. The van der Waals surface area contributed by atoms with Crippen LogP contribution in [0.3, 0.4) is 0 Å². The smallest absolute Gasteiger partial charge is 0.425 e. The number of ether oxygens (including phenoxy) is 1. The van der Waals surface area contributed by atoms with Gasteiger partial charge in [-0.1, -0.05) is 0 Å². The molecule has 0 radical (unpaired) electrons. The molecule has 0 spiro atoms. The number of aryl methyl sites for hydroxylation is 1. The molecule has 4 nitrogen and oxygen atoms in total. The van der Waals surface area contributed by atoms with Gasteiger partial charge in [-0.3, -0.25) is 0 Å². The fraction of sp³-hybridized carbons (Fsp3) is 0.364. The lowest BCUT2D eigenvalue weighted by Gasteiger charge is -2.18. The van der Waals surface area contributed by atoms with E-state index in [-0.39, 0.29) is 17.0 Å². The Morgan fingerprint density at radius 3 is 2.44 bits per heavy atom. The van der Waals surface area contributed by atoms with E-state index in [0.29, 0.717) is 5.56 Å². The number of nitrogens with two attached hydrogens (primary N) is 1. The molecule has 0 aliphatic rings. The third-order valence-corrected chi connectivity index (χ3v) is 2.36. The standard InChI is InChI=1S/C11H12F3NO3/c1-5-3-7(18-6(2)11(12,13)14)4-8(9(5)15)10(16)17/h3-4,6H,15H2,1-2H3,(H,16,17). The van der Waals surface area contributed by atoms with Crippen molar-refractivity contribution in [3.63, 3.8) is 0 Å². The number of carbonyl (C=O) groups is 1. The molecule has 0 bridgehead atoms. The number of carboxylic acids is 1. The van der Waals surface area contributed by atoms with Gasteiger partial charge in [-0.15, -0.1) is 0 Å². The van der Waals surface area contributed by atoms with E-state index in [2.05, 4.69) is 4.74 Å². The summed E-state index contributed by atoms with van der Waals surface area (Å²) < 4.78 is 41.6. The Kier molecular flexibility index (Phi) is 3.73. The molecule has 0 fully saturated rings. The molecule has 100 valence electrons. The van der Waals surface area contributed by atoms with E-state index >= 15 is 0 Å². The zero-order valence-corrected chi connectivity index (χ0v) is 9.71. The minimum atomic E-state index is -4.52. The molecule has 1 aromatic carbocycles. The number of benzene rings is 1. The molecule has 1 aromatic rings. The van der Waals surface area contributed by atoms with Crippen LogP contribution < -0.4 is 10.5 Å². The van der Waals surface area contributed by atoms with Crippen molar-refractivity contribution in [1.82, 2.24) is 0 Å². The highest BCUT2D eigenvalue weighted by Gasteiger charge is 2.38. The Labute approximate surface area is 101 Å². The number of hydrogen-bond donors (Lipinski definition) is 2. The van der Waals surface area contributed by atoms with Gasteiger partial charge in [-0.2, -0.15) is 13.2 Å². The van der Waals surface area contributed by atoms with Crippen molar-refractivity contribution in [3.8, 4) is 5.75 Å². The molecule has 3 N–H and O–H groups in total. The summed E-state index contributed by atoms with van der Waals surface area (Å²) in [6, 6.07) is 2.25. The summed E-state index contributed by atoms with van der Waals surface area (Å²) in [5.41, 5.74) is 5.59. The van der Waals surface area contributed by atoms with Gasteiger partial charge in [0.25, 0.3) is 0 Å². The topological polar surface area (TPSA) is 72.5 Å². The second-order valence-corrected chi connectivity index (χ2v) is 3.81. The van der Waals surface area contributed by atoms with Crippen LogP contribution in [0.1, 0.15) is 22.8 Å². The van der Waals surface area contributed by atoms with Crippen LogP contribution in [0, 0.1) is 6.92 Å². The summed E-state index contributed by atoms with van der Waals surface area (Å²) in [5, 5.41) is 8.85. The zero-order valence-electron chi connectivity index (χ0n) is 9.71. The molecule has 0 aliphatic heterocycles. The highest BCUT2D eigenvalue weighted by Crippen LogP contribution is 2.29. The Balaban J connectivity index is 3.09. The maximum Gasteiger partial charge on any atom is 0.425 e. The minimum absolute atomic E-state index is 0.00881. The van der Waals surface area contributed by atoms with Gasteiger partial charge in [-0.25, -0.2) is 4.79 Å². The van der Waals surface area contributed by atoms with Crippen molar-refractivity contribution in [3.05, 3.63) is 23.3 Å². The number of nitrogen functional groups attached to an aromatic ring is 1. The van der Waals surface area contributed by atoms with Crippen LogP contribution in [0.25, 0.3) is 0 Å². The number of rotatable bonds is 3. The predicted molar refractivity (Wildman–Crippen MR) is 58.7 cm³/mol. The van der Waals surface area contributed by atoms with Crippen LogP contribution in [0.4, 0.5) is 18.9 Å². The first-order valence-corrected chi connectivity index (χ1v) is 4.99. The fourth-order valence-electron chi connectivity index (χ4n) is 1.28. The number of carboxylic acid groups (broad SMARTS) is 1. The van der Waals surface area contributed by atoms with Gasteiger partial charge in [0.15, 0.2) is 6.10 Å². The zero-order chi connectivity index (χ0) is 14.1. The van der Waals surface area contributed by atoms with Gasteiger partial charge < -0.3 is 15.6 Å². The highest BCUT2D eigenvalue weighted by atomic mass is 19.4. The summed E-state index contributed by atoms with van der Waals surface area (Å²) in [5.74, 6) is -1.50. The first-order chi connectivity index (χ1) is 8.12. The van der Waals surface area contributed by atoms with Gasteiger partial charge in [-0.05, 0) is 31.5 Å². The average Bonchev–Trinajstić information content (AvgIpc) is 2.21. The summed E-state index contributed by atoms with van der Waals surface area (Å²) in [6.07, 6.45) is -6.54. The molecular formula is C11H12F3NO3. The molecule has 1 unspecified atom stereocenters. The Hall–Kier alpha value is -1.92. The number of hydrogen-bond acceptors (Lipinski definition) is 3. The van der Waals surface area contributed by atoms with E-state index in [9.17, 15) is 18.0 Å². The van der Waals surface area contributed by atoms with Crippen LogP contribution in [0.15, 0.2) is 12.1 Å². The summed E-state index contributed by atoms with van der Waals surface area (Å²) in [6.45, 7) is 2.33. The van der Waals surface area contributed by atoms with Crippen LogP contribution >= 0.6 is 0 Å². The number of alkyl halides is 3. The van der Waals surface area contributed by atoms with Crippen molar-refractivity contribution in [2.75, 3.05) is 5.73 Å². The molecule has 7 heteroatoms. The van der Waals surface area contributed by atoms with Gasteiger partial charge in [0.05, 0.1) is 5.56 Å². The molecular weight excluding hydrogens is 251 g/mol. The van der Waals surface area contributed by atoms with E-state index in [4.69, 9.17) is 10.8 Å².